The van der Waals surface area contributed by atoms with Gasteiger partial charge in [0.25, 0.3) is 0 Å². The average molecular weight is 284 g/mol. The number of likely N-dealkylation sites (tertiary alicyclic amines) is 1. The summed E-state index contributed by atoms with van der Waals surface area (Å²) in [6.45, 7) is 3.64. The van der Waals surface area contributed by atoms with Gasteiger partial charge < -0.3 is 10.5 Å². The van der Waals surface area contributed by atoms with Crippen LogP contribution in [0.25, 0.3) is 10.8 Å². The Hall–Kier alpha value is -1.58. The molecule has 112 valence electrons. The molecule has 2 aromatic carbocycles. The van der Waals surface area contributed by atoms with Crippen LogP contribution in [0, 0.1) is 0 Å². The fraction of sp³-hybridized carbons (Fsp3) is 0.444. The maximum atomic E-state index is 6.10. The van der Waals surface area contributed by atoms with Gasteiger partial charge in [-0.05, 0) is 37.4 Å². The van der Waals surface area contributed by atoms with Crippen LogP contribution in [0.4, 0.5) is 0 Å². The van der Waals surface area contributed by atoms with Gasteiger partial charge >= 0.3 is 0 Å². The van der Waals surface area contributed by atoms with Gasteiger partial charge in [0, 0.05) is 11.9 Å². The first-order valence-electron chi connectivity index (χ1n) is 7.93. The Bertz CT molecular complexity index is 573. The van der Waals surface area contributed by atoms with Crippen LogP contribution in [0.15, 0.2) is 42.5 Å². The van der Waals surface area contributed by atoms with Crippen molar-refractivity contribution in [3.63, 3.8) is 0 Å². The lowest BCUT2D eigenvalue weighted by atomic mass is 10.1. The van der Waals surface area contributed by atoms with Gasteiger partial charge in [-0.3, -0.25) is 4.90 Å². The number of nitrogens with two attached hydrogens (primary N) is 1. The summed E-state index contributed by atoms with van der Waals surface area (Å²) < 4.78 is 6.10. The summed E-state index contributed by atoms with van der Waals surface area (Å²) >= 11 is 0. The summed E-state index contributed by atoms with van der Waals surface area (Å²) in [6, 6.07) is 14.9. The first-order valence-corrected chi connectivity index (χ1v) is 7.93. The second-order valence-electron chi connectivity index (χ2n) is 5.77. The van der Waals surface area contributed by atoms with E-state index in [2.05, 4.69) is 41.3 Å². The first kappa shape index (κ1) is 14.4. The van der Waals surface area contributed by atoms with Crippen LogP contribution in [-0.4, -0.2) is 37.2 Å². The van der Waals surface area contributed by atoms with E-state index in [0.717, 1.165) is 18.8 Å². The second-order valence-corrected chi connectivity index (χ2v) is 5.77. The van der Waals surface area contributed by atoms with Gasteiger partial charge in [-0.2, -0.15) is 0 Å². The van der Waals surface area contributed by atoms with Crippen LogP contribution in [0.3, 0.4) is 0 Å². The topological polar surface area (TPSA) is 38.5 Å². The lowest BCUT2D eigenvalue weighted by Gasteiger charge is -2.33. The van der Waals surface area contributed by atoms with Gasteiger partial charge in [-0.25, -0.2) is 0 Å². The Balaban J connectivity index is 1.70. The highest BCUT2D eigenvalue weighted by molar-refractivity contribution is 5.88. The highest BCUT2D eigenvalue weighted by Gasteiger charge is 2.20. The predicted molar refractivity (Wildman–Crippen MR) is 87.7 cm³/mol. The van der Waals surface area contributed by atoms with E-state index < -0.39 is 0 Å². The monoisotopic (exact) mass is 284 g/mol. The number of ether oxygens (including phenoxy) is 1. The number of benzene rings is 2. The molecule has 1 unspecified atom stereocenters. The molecule has 21 heavy (non-hydrogen) atoms. The number of rotatable bonds is 5. The third kappa shape index (κ3) is 3.36. The first-order chi connectivity index (χ1) is 10.4. The molecule has 3 rings (SSSR count). The molecule has 0 amide bonds. The molecule has 1 saturated heterocycles. The SMILES string of the molecule is NCC(COc1cccc2ccccc12)N1CCCCC1. The van der Waals surface area contributed by atoms with Crippen molar-refractivity contribution < 1.29 is 4.74 Å². The molecule has 0 radical (unpaired) electrons. The van der Waals surface area contributed by atoms with E-state index in [9.17, 15) is 0 Å². The molecule has 0 saturated carbocycles. The lowest BCUT2D eigenvalue weighted by molar-refractivity contribution is 0.119. The Labute approximate surface area is 126 Å². The van der Waals surface area contributed by atoms with Crippen molar-refractivity contribution in [2.24, 2.45) is 5.73 Å². The summed E-state index contributed by atoms with van der Waals surface area (Å²) in [5, 5.41) is 2.40. The van der Waals surface area contributed by atoms with Crippen molar-refractivity contribution in [2.45, 2.75) is 25.3 Å². The Morgan fingerprint density at radius 3 is 2.57 bits per heavy atom. The minimum Gasteiger partial charge on any atom is -0.491 e. The molecule has 1 atom stereocenters. The second kappa shape index (κ2) is 6.92. The Morgan fingerprint density at radius 1 is 1.00 bits per heavy atom. The number of piperidine rings is 1. The molecule has 2 aromatic rings. The van der Waals surface area contributed by atoms with Crippen LogP contribution < -0.4 is 10.5 Å². The predicted octanol–water partition coefficient (Wildman–Crippen LogP) is 3.03. The van der Waals surface area contributed by atoms with Gasteiger partial charge in [0.1, 0.15) is 12.4 Å². The van der Waals surface area contributed by atoms with Gasteiger partial charge in [0.2, 0.25) is 0 Å². The fourth-order valence-electron chi connectivity index (χ4n) is 3.11. The van der Waals surface area contributed by atoms with Crippen LogP contribution in [0.2, 0.25) is 0 Å². The van der Waals surface area contributed by atoms with Crippen LogP contribution in [-0.2, 0) is 0 Å². The van der Waals surface area contributed by atoms with E-state index in [1.807, 2.05) is 6.07 Å². The summed E-state index contributed by atoms with van der Waals surface area (Å²) in [5.74, 6) is 0.962. The molecule has 0 aliphatic carbocycles. The van der Waals surface area contributed by atoms with E-state index in [4.69, 9.17) is 10.5 Å². The average Bonchev–Trinajstić information content (AvgIpc) is 2.56. The molecule has 0 spiro atoms. The maximum Gasteiger partial charge on any atom is 0.127 e. The van der Waals surface area contributed by atoms with Gasteiger partial charge in [0.15, 0.2) is 0 Å². The quantitative estimate of drug-likeness (QED) is 0.917. The summed E-state index contributed by atoms with van der Waals surface area (Å²) in [4.78, 5) is 2.48. The summed E-state index contributed by atoms with van der Waals surface area (Å²) in [7, 11) is 0. The smallest absolute Gasteiger partial charge is 0.127 e. The van der Waals surface area contributed by atoms with Crippen molar-refractivity contribution in [1.82, 2.24) is 4.90 Å². The minimum atomic E-state index is 0.323. The number of hydrogen-bond acceptors (Lipinski definition) is 3. The van der Waals surface area contributed by atoms with E-state index in [1.165, 1.54) is 30.0 Å². The van der Waals surface area contributed by atoms with E-state index >= 15 is 0 Å². The fourth-order valence-corrected chi connectivity index (χ4v) is 3.11. The molecule has 3 nitrogen and oxygen atoms in total. The number of fused-ring (bicyclic) bond motifs is 1. The Kier molecular flexibility index (Phi) is 4.73. The summed E-state index contributed by atoms with van der Waals surface area (Å²) in [6.07, 6.45) is 3.91. The highest BCUT2D eigenvalue weighted by atomic mass is 16.5. The third-order valence-corrected chi connectivity index (χ3v) is 4.36. The largest absolute Gasteiger partial charge is 0.491 e. The molecule has 0 bridgehead atoms. The Morgan fingerprint density at radius 2 is 1.76 bits per heavy atom. The lowest BCUT2D eigenvalue weighted by Crippen LogP contribution is -2.46. The van der Waals surface area contributed by atoms with E-state index in [-0.39, 0.29) is 0 Å². The number of hydrogen-bond donors (Lipinski definition) is 1. The van der Waals surface area contributed by atoms with Crippen molar-refractivity contribution in [2.75, 3.05) is 26.2 Å². The zero-order valence-electron chi connectivity index (χ0n) is 12.5. The van der Waals surface area contributed by atoms with Crippen molar-refractivity contribution in [1.29, 1.82) is 0 Å². The number of nitrogens with zero attached hydrogens (tertiary/aromatic N) is 1. The van der Waals surface area contributed by atoms with Gasteiger partial charge in [-0.15, -0.1) is 0 Å². The maximum absolute atomic E-state index is 6.10. The molecule has 0 aromatic heterocycles. The minimum absolute atomic E-state index is 0.323. The van der Waals surface area contributed by atoms with Crippen molar-refractivity contribution >= 4 is 10.8 Å². The van der Waals surface area contributed by atoms with Crippen molar-refractivity contribution in [3.05, 3.63) is 42.5 Å². The molecule has 1 aliphatic rings. The van der Waals surface area contributed by atoms with Crippen LogP contribution >= 0.6 is 0 Å². The molecule has 2 N–H and O–H groups in total. The zero-order chi connectivity index (χ0) is 14.5. The van der Waals surface area contributed by atoms with Crippen molar-refractivity contribution in [3.8, 4) is 5.75 Å². The highest BCUT2D eigenvalue weighted by Crippen LogP contribution is 2.25. The van der Waals surface area contributed by atoms with Crippen LogP contribution in [0.5, 0.6) is 5.75 Å². The molecular weight excluding hydrogens is 260 g/mol. The summed E-state index contributed by atoms with van der Waals surface area (Å²) in [5.41, 5.74) is 5.96. The van der Waals surface area contributed by atoms with Crippen LogP contribution in [0.1, 0.15) is 19.3 Å². The molecule has 3 heteroatoms. The molecular formula is C18H24N2O. The standard InChI is InChI=1S/C18H24N2O/c19-13-16(20-11-4-1-5-12-20)14-21-18-10-6-8-15-7-2-3-9-17(15)18/h2-3,6-10,16H,1,4-5,11-14,19H2. The normalized spacial score (nSPS) is 17.8. The third-order valence-electron chi connectivity index (χ3n) is 4.36. The van der Waals surface area contributed by atoms with Gasteiger partial charge in [0.05, 0.1) is 6.04 Å². The van der Waals surface area contributed by atoms with E-state index in [1.54, 1.807) is 0 Å². The van der Waals surface area contributed by atoms with E-state index in [0.29, 0.717) is 19.2 Å². The molecule has 1 heterocycles. The van der Waals surface area contributed by atoms with Gasteiger partial charge in [-0.1, -0.05) is 42.8 Å². The zero-order valence-corrected chi connectivity index (χ0v) is 12.5. The molecule has 1 aliphatic heterocycles. The molecule has 1 fully saturated rings.